The smallest absolute Gasteiger partial charge is 0.315 e. The first-order chi connectivity index (χ1) is 10.2. The fraction of sp³-hybridized carbons (Fsp3) is 0.562. The number of hydrogen-bond acceptors (Lipinski definition) is 3. The molecule has 0 aromatic heterocycles. The Morgan fingerprint density at radius 2 is 1.86 bits per heavy atom. The van der Waals surface area contributed by atoms with Gasteiger partial charge in [0.25, 0.3) is 0 Å². The minimum absolute atomic E-state index is 0.100. The predicted octanol–water partition coefficient (Wildman–Crippen LogP) is 2.84. The summed E-state index contributed by atoms with van der Waals surface area (Å²) in [5, 5.41) is 5.92. The first-order valence-electron chi connectivity index (χ1n) is 7.48. The quantitative estimate of drug-likeness (QED) is 0.877. The van der Waals surface area contributed by atoms with Crippen LogP contribution in [0.15, 0.2) is 18.2 Å². The zero-order chi connectivity index (χ0) is 15.1. The summed E-state index contributed by atoms with van der Waals surface area (Å²) < 4.78 is 10.4. The average Bonchev–Trinajstić information content (AvgIpc) is 2.53. The van der Waals surface area contributed by atoms with Gasteiger partial charge in [-0.1, -0.05) is 25.3 Å². The maximum absolute atomic E-state index is 11.9. The van der Waals surface area contributed by atoms with Crippen molar-refractivity contribution >= 4 is 6.03 Å². The number of hydrogen-bond donors (Lipinski definition) is 2. The van der Waals surface area contributed by atoms with Crippen molar-refractivity contribution < 1.29 is 14.3 Å². The summed E-state index contributed by atoms with van der Waals surface area (Å²) in [6, 6.07) is 5.86. The summed E-state index contributed by atoms with van der Waals surface area (Å²) in [7, 11) is 3.21. The van der Waals surface area contributed by atoms with Crippen molar-refractivity contribution in [1.29, 1.82) is 0 Å². The number of rotatable bonds is 5. The average molecular weight is 292 g/mol. The number of benzene rings is 1. The lowest BCUT2D eigenvalue weighted by Crippen LogP contribution is -2.42. The Morgan fingerprint density at radius 3 is 2.52 bits per heavy atom. The first-order valence-corrected chi connectivity index (χ1v) is 7.48. The molecule has 1 saturated carbocycles. The highest BCUT2D eigenvalue weighted by Gasteiger charge is 2.15. The van der Waals surface area contributed by atoms with Gasteiger partial charge in [0.1, 0.15) is 0 Å². The van der Waals surface area contributed by atoms with Crippen molar-refractivity contribution in [3.63, 3.8) is 0 Å². The van der Waals surface area contributed by atoms with Gasteiger partial charge in [0.15, 0.2) is 11.5 Å². The molecule has 2 amide bonds. The van der Waals surface area contributed by atoms with Gasteiger partial charge >= 0.3 is 6.03 Å². The molecule has 0 radical (unpaired) electrons. The number of ether oxygens (including phenoxy) is 2. The molecular weight excluding hydrogens is 268 g/mol. The van der Waals surface area contributed by atoms with Gasteiger partial charge in [-0.25, -0.2) is 4.79 Å². The number of carbonyl (C=O) groups is 1. The molecule has 0 unspecified atom stereocenters. The van der Waals surface area contributed by atoms with Gasteiger partial charge in [-0.2, -0.15) is 0 Å². The maximum atomic E-state index is 11.9. The van der Waals surface area contributed by atoms with Crippen LogP contribution in [0.4, 0.5) is 4.79 Å². The number of methoxy groups -OCH3 is 2. The van der Waals surface area contributed by atoms with Crippen LogP contribution in [0, 0.1) is 0 Å². The molecule has 5 heteroatoms. The second kappa shape index (κ2) is 7.76. The summed E-state index contributed by atoms with van der Waals surface area (Å²) in [6.07, 6.45) is 5.88. The molecule has 0 bridgehead atoms. The lowest BCUT2D eigenvalue weighted by atomic mass is 9.96. The summed E-state index contributed by atoms with van der Waals surface area (Å²) in [4.78, 5) is 11.9. The molecule has 1 fully saturated rings. The maximum Gasteiger partial charge on any atom is 0.315 e. The topological polar surface area (TPSA) is 59.6 Å². The van der Waals surface area contributed by atoms with Gasteiger partial charge in [0.05, 0.1) is 14.2 Å². The number of amides is 2. The van der Waals surface area contributed by atoms with E-state index in [-0.39, 0.29) is 6.03 Å². The Labute approximate surface area is 126 Å². The number of nitrogens with one attached hydrogen (secondary N) is 2. The molecule has 116 valence electrons. The monoisotopic (exact) mass is 292 g/mol. The van der Waals surface area contributed by atoms with Crippen LogP contribution in [-0.2, 0) is 6.54 Å². The van der Waals surface area contributed by atoms with Crippen molar-refractivity contribution in [3.8, 4) is 11.5 Å². The second-order valence-electron chi connectivity index (χ2n) is 5.35. The standard InChI is InChI=1S/C16H24N2O3/c1-20-14-9-8-12(10-15(14)21-2)11-17-16(19)18-13-6-4-3-5-7-13/h8-10,13H,3-7,11H2,1-2H3,(H2,17,18,19). The molecule has 0 spiro atoms. The van der Waals surface area contributed by atoms with Crippen molar-refractivity contribution in [2.45, 2.75) is 44.7 Å². The fourth-order valence-electron chi connectivity index (χ4n) is 2.66. The van der Waals surface area contributed by atoms with E-state index in [1.807, 2.05) is 18.2 Å². The van der Waals surface area contributed by atoms with Crippen LogP contribution in [0.2, 0.25) is 0 Å². The van der Waals surface area contributed by atoms with Gasteiger partial charge < -0.3 is 20.1 Å². The molecule has 2 N–H and O–H groups in total. The molecule has 1 aliphatic rings. The van der Waals surface area contributed by atoms with Crippen LogP contribution in [0.3, 0.4) is 0 Å². The van der Waals surface area contributed by atoms with Crippen molar-refractivity contribution in [3.05, 3.63) is 23.8 Å². The fourth-order valence-corrected chi connectivity index (χ4v) is 2.66. The highest BCUT2D eigenvalue weighted by atomic mass is 16.5. The van der Waals surface area contributed by atoms with Crippen LogP contribution in [0.5, 0.6) is 11.5 Å². The highest BCUT2D eigenvalue weighted by molar-refractivity contribution is 5.74. The van der Waals surface area contributed by atoms with Gasteiger partial charge in [-0.3, -0.25) is 0 Å². The van der Waals surface area contributed by atoms with Crippen LogP contribution in [0.1, 0.15) is 37.7 Å². The zero-order valence-corrected chi connectivity index (χ0v) is 12.8. The number of urea groups is 1. The Morgan fingerprint density at radius 1 is 1.14 bits per heavy atom. The zero-order valence-electron chi connectivity index (χ0n) is 12.8. The third-order valence-electron chi connectivity index (χ3n) is 3.84. The van der Waals surface area contributed by atoms with Crippen molar-refractivity contribution in [2.24, 2.45) is 0 Å². The normalized spacial score (nSPS) is 15.3. The Balaban J connectivity index is 1.83. The van der Waals surface area contributed by atoms with E-state index in [9.17, 15) is 4.79 Å². The lowest BCUT2D eigenvalue weighted by molar-refractivity contribution is 0.232. The Kier molecular flexibility index (Phi) is 5.72. The molecule has 0 heterocycles. The summed E-state index contributed by atoms with van der Waals surface area (Å²) in [5.74, 6) is 1.36. The van der Waals surface area contributed by atoms with E-state index in [4.69, 9.17) is 9.47 Å². The molecule has 0 atom stereocenters. The first kappa shape index (κ1) is 15.5. The van der Waals surface area contributed by atoms with Gasteiger partial charge in [-0.15, -0.1) is 0 Å². The third-order valence-corrected chi connectivity index (χ3v) is 3.84. The molecule has 1 aromatic rings. The van der Waals surface area contributed by atoms with Gasteiger partial charge in [-0.05, 0) is 30.5 Å². The number of carbonyl (C=O) groups excluding carboxylic acids is 1. The molecule has 2 rings (SSSR count). The van der Waals surface area contributed by atoms with Crippen LogP contribution in [-0.4, -0.2) is 26.3 Å². The Hall–Kier alpha value is -1.91. The largest absolute Gasteiger partial charge is 0.493 e. The van der Waals surface area contributed by atoms with Gasteiger partial charge in [0, 0.05) is 12.6 Å². The highest BCUT2D eigenvalue weighted by Crippen LogP contribution is 2.27. The van der Waals surface area contributed by atoms with E-state index in [1.54, 1.807) is 14.2 Å². The van der Waals surface area contributed by atoms with Crippen molar-refractivity contribution in [1.82, 2.24) is 10.6 Å². The van der Waals surface area contributed by atoms with E-state index in [1.165, 1.54) is 19.3 Å². The van der Waals surface area contributed by atoms with Crippen LogP contribution in [0.25, 0.3) is 0 Å². The van der Waals surface area contributed by atoms with E-state index in [2.05, 4.69) is 10.6 Å². The molecule has 0 aliphatic heterocycles. The van der Waals surface area contributed by atoms with Crippen LogP contribution >= 0.6 is 0 Å². The molecule has 1 aliphatic carbocycles. The Bertz CT molecular complexity index is 471. The summed E-state index contributed by atoms with van der Waals surface area (Å²) >= 11 is 0. The van der Waals surface area contributed by atoms with Crippen molar-refractivity contribution in [2.75, 3.05) is 14.2 Å². The van der Waals surface area contributed by atoms with Crippen LogP contribution < -0.4 is 20.1 Å². The predicted molar refractivity (Wildman–Crippen MR) is 81.8 cm³/mol. The third kappa shape index (κ3) is 4.55. The molecule has 1 aromatic carbocycles. The molecule has 21 heavy (non-hydrogen) atoms. The molecule has 0 saturated heterocycles. The minimum Gasteiger partial charge on any atom is -0.493 e. The van der Waals surface area contributed by atoms with E-state index in [0.717, 1.165) is 18.4 Å². The summed E-state index contributed by atoms with van der Waals surface area (Å²) in [5.41, 5.74) is 0.978. The SMILES string of the molecule is COc1ccc(CNC(=O)NC2CCCCC2)cc1OC. The van der Waals surface area contributed by atoms with E-state index in [0.29, 0.717) is 24.1 Å². The molecule has 5 nitrogen and oxygen atoms in total. The minimum atomic E-state index is -0.100. The lowest BCUT2D eigenvalue weighted by Gasteiger charge is -2.22. The van der Waals surface area contributed by atoms with Gasteiger partial charge in [0.2, 0.25) is 0 Å². The van der Waals surface area contributed by atoms with E-state index < -0.39 is 0 Å². The molecular formula is C16H24N2O3. The second-order valence-corrected chi connectivity index (χ2v) is 5.35. The summed E-state index contributed by atoms with van der Waals surface area (Å²) in [6.45, 7) is 0.471. The van der Waals surface area contributed by atoms with E-state index >= 15 is 0 Å².